The van der Waals surface area contributed by atoms with Gasteiger partial charge in [-0.15, -0.1) is 0 Å². The number of hydrogen-bond acceptors (Lipinski definition) is 4. The number of hydrogen-bond donors (Lipinski definition) is 1. The molecular formula is C21H37N5O2. The monoisotopic (exact) mass is 391 g/mol. The van der Waals surface area contributed by atoms with Gasteiger partial charge in [-0.1, -0.05) is 6.92 Å². The minimum atomic E-state index is 0.307. The predicted octanol–water partition coefficient (Wildman–Crippen LogP) is 2.53. The molecule has 0 bridgehead atoms. The number of nitrogens with zero attached hydrogens (tertiary/aromatic N) is 4. The summed E-state index contributed by atoms with van der Waals surface area (Å²) < 4.78 is 13.9. The van der Waals surface area contributed by atoms with Crippen molar-refractivity contribution >= 4 is 5.96 Å². The molecule has 28 heavy (non-hydrogen) atoms. The molecule has 2 saturated heterocycles. The second-order valence-electron chi connectivity index (χ2n) is 8.04. The minimum absolute atomic E-state index is 0.307. The van der Waals surface area contributed by atoms with Crippen molar-refractivity contribution in [3.8, 4) is 0 Å². The molecule has 1 N–H and O–H groups in total. The topological polar surface area (TPSA) is 63.9 Å². The summed E-state index contributed by atoms with van der Waals surface area (Å²) in [6.07, 6.45) is 10.2. The molecule has 1 aromatic rings. The van der Waals surface area contributed by atoms with Gasteiger partial charge in [-0.25, -0.2) is 0 Å². The molecule has 0 radical (unpaired) electrons. The molecule has 0 aromatic carbocycles. The van der Waals surface area contributed by atoms with Gasteiger partial charge in [-0.2, -0.15) is 5.10 Å². The molecule has 2 fully saturated rings. The summed E-state index contributed by atoms with van der Waals surface area (Å²) >= 11 is 0. The van der Waals surface area contributed by atoms with E-state index < -0.39 is 0 Å². The maximum Gasteiger partial charge on any atom is 0.193 e. The Kier molecular flexibility index (Phi) is 8.61. The van der Waals surface area contributed by atoms with Gasteiger partial charge in [0.25, 0.3) is 0 Å². The molecule has 0 aliphatic carbocycles. The highest BCUT2D eigenvalue weighted by Gasteiger charge is 2.23. The molecule has 2 aliphatic rings. The molecule has 158 valence electrons. The number of ether oxygens (including phenoxy) is 2. The zero-order valence-corrected chi connectivity index (χ0v) is 17.6. The van der Waals surface area contributed by atoms with Crippen LogP contribution in [0.4, 0.5) is 0 Å². The van der Waals surface area contributed by atoms with Crippen LogP contribution in [0.3, 0.4) is 0 Å². The van der Waals surface area contributed by atoms with Crippen molar-refractivity contribution in [1.82, 2.24) is 20.0 Å². The van der Waals surface area contributed by atoms with Crippen LogP contribution in [0.2, 0.25) is 0 Å². The number of aromatic nitrogens is 2. The van der Waals surface area contributed by atoms with Crippen LogP contribution in [-0.2, 0) is 16.0 Å². The van der Waals surface area contributed by atoms with Crippen molar-refractivity contribution in [1.29, 1.82) is 0 Å². The van der Waals surface area contributed by atoms with Gasteiger partial charge < -0.3 is 19.7 Å². The number of aliphatic imine (C=N–C) groups is 1. The third kappa shape index (κ3) is 6.78. The summed E-state index contributed by atoms with van der Waals surface area (Å²) in [5, 5.41) is 7.75. The Labute approximate surface area is 169 Å². The summed E-state index contributed by atoms with van der Waals surface area (Å²) in [4.78, 5) is 7.27. The Bertz CT molecular complexity index is 563. The Hall–Kier alpha value is -1.60. The standard InChI is InChI=1S/C21H37N5O2/c1-3-22-21(23-15-18(2)16-26-11-6-10-24-26)25-12-8-19(9-13-25)28-17-20-7-4-5-14-27-20/h6,10-11,18-20H,3-5,7-9,12-17H2,1-2H3,(H,22,23). The summed E-state index contributed by atoms with van der Waals surface area (Å²) in [6, 6.07) is 1.96. The lowest BCUT2D eigenvalue weighted by Crippen LogP contribution is -2.47. The first-order valence-corrected chi connectivity index (χ1v) is 11.0. The quantitative estimate of drug-likeness (QED) is 0.545. The summed E-state index contributed by atoms with van der Waals surface area (Å²) in [5.74, 6) is 1.48. The normalized spacial score (nSPS) is 23.0. The van der Waals surface area contributed by atoms with Gasteiger partial charge in [0.2, 0.25) is 0 Å². The SMILES string of the molecule is CCNC(=NCC(C)Cn1cccn1)N1CCC(OCC2CCCCO2)CC1. The van der Waals surface area contributed by atoms with Crippen LogP contribution in [0.5, 0.6) is 0 Å². The average molecular weight is 392 g/mol. The largest absolute Gasteiger partial charge is 0.376 e. The number of piperidine rings is 1. The summed E-state index contributed by atoms with van der Waals surface area (Å²) in [5.41, 5.74) is 0. The average Bonchev–Trinajstić information content (AvgIpc) is 3.24. The van der Waals surface area contributed by atoms with Crippen LogP contribution in [0.25, 0.3) is 0 Å². The van der Waals surface area contributed by atoms with E-state index in [2.05, 4.69) is 29.2 Å². The smallest absolute Gasteiger partial charge is 0.193 e. The highest BCUT2D eigenvalue weighted by atomic mass is 16.5. The van der Waals surface area contributed by atoms with E-state index in [4.69, 9.17) is 14.5 Å². The fraction of sp³-hybridized carbons (Fsp3) is 0.810. The summed E-state index contributed by atoms with van der Waals surface area (Å²) in [6.45, 7) is 10.6. The fourth-order valence-electron chi connectivity index (χ4n) is 3.87. The van der Waals surface area contributed by atoms with Crippen LogP contribution in [0.1, 0.15) is 46.0 Å². The number of guanidine groups is 1. The highest BCUT2D eigenvalue weighted by molar-refractivity contribution is 5.80. The number of rotatable bonds is 8. The first kappa shape index (κ1) is 21.1. The second-order valence-corrected chi connectivity index (χ2v) is 8.04. The third-order valence-electron chi connectivity index (χ3n) is 5.48. The molecule has 3 rings (SSSR count). The van der Waals surface area contributed by atoms with E-state index in [-0.39, 0.29) is 0 Å². The second kappa shape index (κ2) is 11.4. The van der Waals surface area contributed by atoms with Crippen molar-refractivity contribution in [3.05, 3.63) is 18.5 Å². The van der Waals surface area contributed by atoms with Gasteiger partial charge in [0.15, 0.2) is 5.96 Å². The Morgan fingerprint density at radius 3 is 2.86 bits per heavy atom. The van der Waals surface area contributed by atoms with E-state index in [1.165, 1.54) is 12.8 Å². The Morgan fingerprint density at radius 2 is 2.18 bits per heavy atom. The highest BCUT2D eigenvalue weighted by Crippen LogP contribution is 2.18. The van der Waals surface area contributed by atoms with E-state index in [9.17, 15) is 0 Å². The van der Waals surface area contributed by atoms with Crippen molar-refractivity contribution in [2.45, 2.75) is 64.7 Å². The van der Waals surface area contributed by atoms with E-state index in [1.54, 1.807) is 0 Å². The van der Waals surface area contributed by atoms with Crippen LogP contribution in [-0.4, -0.2) is 72.2 Å². The van der Waals surface area contributed by atoms with E-state index >= 15 is 0 Å². The van der Waals surface area contributed by atoms with E-state index in [0.29, 0.717) is 18.1 Å². The zero-order chi connectivity index (χ0) is 19.6. The molecule has 7 nitrogen and oxygen atoms in total. The molecule has 2 atom stereocenters. The molecule has 1 aromatic heterocycles. The third-order valence-corrected chi connectivity index (χ3v) is 5.48. The Morgan fingerprint density at radius 1 is 1.32 bits per heavy atom. The Balaban J connectivity index is 1.41. The van der Waals surface area contributed by atoms with Gasteiger partial charge in [0.1, 0.15) is 0 Å². The van der Waals surface area contributed by atoms with E-state index in [1.807, 2.05) is 23.1 Å². The first-order chi connectivity index (χ1) is 13.7. The van der Waals surface area contributed by atoms with Gasteiger partial charge in [-0.05, 0) is 51.0 Å². The van der Waals surface area contributed by atoms with Crippen molar-refractivity contribution in [3.63, 3.8) is 0 Å². The van der Waals surface area contributed by atoms with Crippen LogP contribution in [0.15, 0.2) is 23.5 Å². The zero-order valence-electron chi connectivity index (χ0n) is 17.6. The maximum atomic E-state index is 6.15. The lowest BCUT2D eigenvalue weighted by Gasteiger charge is -2.35. The molecule has 3 heterocycles. The molecule has 2 aliphatic heterocycles. The fourth-order valence-corrected chi connectivity index (χ4v) is 3.87. The van der Waals surface area contributed by atoms with Gasteiger partial charge >= 0.3 is 0 Å². The van der Waals surface area contributed by atoms with Crippen LogP contribution in [0, 0.1) is 5.92 Å². The first-order valence-electron chi connectivity index (χ1n) is 11.0. The van der Waals surface area contributed by atoms with Gasteiger partial charge in [-0.3, -0.25) is 9.67 Å². The lowest BCUT2D eigenvalue weighted by atomic mass is 10.1. The minimum Gasteiger partial charge on any atom is -0.376 e. The van der Waals surface area contributed by atoms with Gasteiger partial charge in [0, 0.05) is 51.7 Å². The molecule has 0 amide bonds. The molecule has 2 unspecified atom stereocenters. The predicted molar refractivity (Wildman–Crippen MR) is 112 cm³/mol. The lowest BCUT2D eigenvalue weighted by molar-refractivity contribution is -0.0721. The van der Waals surface area contributed by atoms with E-state index in [0.717, 1.165) is 71.2 Å². The number of likely N-dealkylation sites (tertiary alicyclic amines) is 1. The molecule has 7 heteroatoms. The summed E-state index contributed by atoms with van der Waals surface area (Å²) in [7, 11) is 0. The van der Waals surface area contributed by atoms with Crippen molar-refractivity contribution in [2.24, 2.45) is 10.9 Å². The van der Waals surface area contributed by atoms with Crippen molar-refractivity contribution < 1.29 is 9.47 Å². The molecular weight excluding hydrogens is 354 g/mol. The van der Waals surface area contributed by atoms with Crippen LogP contribution < -0.4 is 5.32 Å². The van der Waals surface area contributed by atoms with Gasteiger partial charge in [0.05, 0.1) is 18.8 Å². The maximum absolute atomic E-state index is 6.15. The number of nitrogens with one attached hydrogen (secondary N) is 1. The van der Waals surface area contributed by atoms with Crippen LogP contribution >= 0.6 is 0 Å². The van der Waals surface area contributed by atoms with Crippen molar-refractivity contribution in [2.75, 3.05) is 39.4 Å². The molecule has 0 spiro atoms. The molecule has 0 saturated carbocycles.